The molecule has 1 amide bonds. The molecular formula is C19H13BrCl2N2O3. The lowest BCUT2D eigenvalue weighted by molar-refractivity contribution is -0.123. The molecule has 1 heterocycles. The van der Waals surface area contributed by atoms with Gasteiger partial charge in [0.1, 0.15) is 17.3 Å². The van der Waals surface area contributed by atoms with Gasteiger partial charge in [-0.15, -0.1) is 0 Å². The molecule has 3 aromatic rings. The van der Waals surface area contributed by atoms with E-state index in [1.54, 1.807) is 18.2 Å². The zero-order chi connectivity index (χ0) is 19.2. The van der Waals surface area contributed by atoms with Crippen molar-refractivity contribution in [2.45, 2.75) is 0 Å². The monoisotopic (exact) mass is 466 g/mol. The second-order valence-electron chi connectivity index (χ2n) is 5.37. The summed E-state index contributed by atoms with van der Waals surface area (Å²) >= 11 is 15.3. The lowest BCUT2D eigenvalue weighted by Crippen LogP contribution is -2.24. The van der Waals surface area contributed by atoms with Gasteiger partial charge in [-0.2, -0.15) is 5.10 Å². The quantitative estimate of drug-likeness (QED) is 0.382. The topological polar surface area (TPSA) is 63.8 Å². The summed E-state index contributed by atoms with van der Waals surface area (Å²) in [5.74, 6) is 1.08. The second-order valence-corrected chi connectivity index (χ2v) is 7.13. The van der Waals surface area contributed by atoms with Crippen molar-refractivity contribution in [1.82, 2.24) is 5.43 Å². The average Bonchev–Trinajstić information content (AvgIpc) is 3.11. The summed E-state index contributed by atoms with van der Waals surface area (Å²) in [6.45, 7) is -0.251. The van der Waals surface area contributed by atoms with Crippen molar-refractivity contribution >= 4 is 51.3 Å². The molecule has 0 fully saturated rings. The highest BCUT2D eigenvalue weighted by Gasteiger charge is 2.07. The summed E-state index contributed by atoms with van der Waals surface area (Å²) < 4.78 is 12.0. The minimum atomic E-state index is -0.443. The van der Waals surface area contributed by atoms with E-state index in [0.29, 0.717) is 27.3 Å². The minimum Gasteiger partial charge on any atom is -0.482 e. The summed E-state index contributed by atoms with van der Waals surface area (Å²) in [6.07, 6.45) is 1.41. The van der Waals surface area contributed by atoms with Gasteiger partial charge in [-0.25, -0.2) is 5.43 Å². The van der Waals surface area contributed by atoms with E-state index in [2.05, 4.69) is 26.5 Å². The molecule has 1 N–H and O–H groups in total. The molecule has 0 aliphatic carbocycles. The van der Waals surface area contributed by atoms with Crippen molar-refractivity contribution in [2.24, 2.45) is 5.10 Å². The van der Waals surface area contributed by atoms with E-state index in [9.17, 15) is 4.79 Å². The van der Waals surface area contributed by atoms with Gasteiger partial charge >= 0.3 is 0 Å². The van der Waals surface area contributed by atoms with Gasteiger partial charge in [0.2, 0.25) is 0 Å². The van der Waals surface area contributed by atoms with Crippen molar-refractivity contribution in [1.29, 1.82) is 0 Å². The molecule has 0 atom stereocenters. The Labute approximate surface area is 174 Å². The molecule has 138 valence electrons. The molecule has 8 heteroatoms. The molecule has 0 saturated heterocycles. The number of hydrazone groups is 1. The number of ether oxygens (including phenoxy) is 1. The maximum absolute atomic E-state index is 11.8. The molecule has 3 rings (SSSR count). The number of rotatable bonds is 6. The Morgan fingerprint density at radius 3 is 2.85 bits per heavy atom. The van der Waals surface area contributed by atoms with Crippen LogP contribution in [-0.2, 0) is 4.79 Å². The number of nitrogens with zero attached hydrogens (tertiary/aromatic N) is 1. The zero-order valence-electron chi connectivity index (χ0n) is 13.8. The Hall–Kier alpha value is -2.28. The summed E-state index contributed by atoms with van der Waals surface area (Å²) in [4.78, 5) is 11.8. The third kappa shape index (κ3) is 5.60. The number of furan rings is 1. The van der Waals surface area contributed by atoms with Crippen molar-refractivity contribution in [3.8, 4) is 17.1 Å². The summed E-state index contributed by atoms with van der Waals surface area (Å²) in [6, 6.07) is 16.1. The summed E-state index contributed by atoms with van der Waals surface area (Å²) in [5.41, 5.74) is 3.29. The van der Waals surface area contributed by atoms with Crippen molar-refractivity contribution in [2.75, 3.05) is 6.61 Å². The molecule has 0 bridgehead atoms. The van der Waals surface area contributed by atoms with Gasteiger partial charge in [-0.05, 0) is 36.4 Å². The van der Waals surface area contributed by atoms with Gasteiger partial charge in [0.05, 0.1) is 11.2 Å². The number of carbonyl (C=O) groups is 1. The number of nitrogens with one attached hydrogen (secondary N) is 1. The van der Waals surface area contributed by atoms with Crippen LogP contribution in [0.15, 0.2) is 68.6 Å². The molecule has 2 aromatic carbocycles. The van der Waals surface area contributed by atoms with E-state index in [4.69, 9.17) is 32.4 Å². The number of hydrogen-bond acceptors (Lipinski definition) is 4. The average molecular weight is 468 g/mol. The van der Waals surface area contributed by atoms with E-state index in [-0.39, 0.29) is 6.61 Å². The molecule has 5 nitrogen and oxygen atoms in total. The first-order valence-corrected chi connectivity index (χ1v) is 9.32. The fourth-order valence-corrected chi connectivity index (χ4v) is 2.88. The minimum absolute atomic E-state index is 0.251. The Morgan fingerprint density at radius 1 is 1.19 bits per heavy atom. The van der Waals surface area contributed by atoms with Gasteiger partial charge in [-0.3, -0.25) is 4.79 Å². The molecule has 0 radical (unpaired) electrons. The highest BCUT2D eigenvalue weighted by atomic mass is 79.9. The Bertz CT molecular complexity index is 989. The highest BCUT2D eigenvalue weighted by molar-refractivity contribution is 9.10. The predicted octanol–water partition coefficient (Wildman–Crippen LogP) is 5.55. The van der Waals surface area contributed by atoms with Crippen LogP contribution in [0.4, 0.5) is 0 Å². The largest absolute Gasteiger partial charge is 0.482 e. The van der Waals surface area contributed by atoms with Crippen LogP contribution in [0.1, 0.15) is 5.76 Å². The van der Waals surface area contributed by atoms with Crippen molar-refractivity contribution < 1.29 is 13.9 Å². The van der Waals surface area contributed by atoms with Crippen LogP contribution in [-0.4, -0.2) is 18.7 Å². The maximum atomic E-state index is 11.8. The number of carbonyl (C=O) groups excluding carboxylic acids is 1. The van der Waals surface area contributed by atoms with Crippen LogP contribution in [0.25, 0.3) is 11.3 Å². The van der Waals surface area contributed by atoms with Gasteiger partial charge in [0, 0.05) is 21.1 Å². The number of benzene rings is 2. The first kappa shape index (κ1) is 19.5. The zero-order valence-corrected chi connectivity index (χ0v) is 16.9. The number of hydrogen-bond donors (Lipinski definition) is 1. The van der Waals surface area contributed by atoms with E-state index in [0.717, 1.165) is 10.0 Å². The van der Waals surface area contributed by atoms with Crippen LogP contribution in [0.5, 0.6) is 5.75 Å². The molecule has 27 heavy (non-hydrogen) atoms. The maximum Gasteiger partial charge on any atom is 0.277 e. The van der Waals surface area contributed by atoms with Gasteiger partial charge in [-0.1, -0.05) is 51.3 Å². The molecular weight excluding hydrogens is 455 g/mol. The van der Waals surface area contributed by atoms with Gasteiger partial charge in [0.15, 0.2) is 6.61 Å². The van der Waals surface area contributed by atoms with E-state index < -0.39 is 5.91 Å². The van der Waals surface area contributed by atoms with E-state index in [1.165, 1.54) is 12.3 Å². The smallest absolute Gasteiger partial charge is 0.277 e. The van der Waals surface area contributed by atoms with Crippen LogP contribution >= 0.6 is 39.1 Å². The van der Waals surface area contributed by atoms with Gasteiger partial charge < -0.3 is 9.15 Å². The number of amides is 1. The Kier molecular flexibility index (Phi) is 6.55. The molecule has 1 aromatic heterocycles. The van der Waals surface area contributed by atoms with Crippen LogP contribution in [0.2, 0.25) is 10.0 Å². The van der Waals surface area contributed by atoms with Crippen LogP contribution < -0.4 is 10.2 Å². The van der Waals surface area contributed by atoms with Crippen LogP contribution in [0, 0.1) is 0 Å². The molecule has 0 saturated carbocycles. The molecule has 0 aliphatic heterocycles. The SMILES string of the molecule is O=C(COc1cc(Cl)ccc1Cl)N/N=C\c1ccc(-c2cccc(Br)c2)o1. The predicted molar refractivity (Wildman–Crippen MR) is 110 cm³/mol. The third-order valence-corrected chi connectivity index (χ3v) is 4.41. The normalized spacial score (nSPS) is 10.9. The number of halogens is 3. The fraction of sp³-hybridized carbons (Fsp3) is 0.0526. The van der Waals surface area contributed by atoms with Gasteiger partial charge in [0.25, 0.3) is 5.91 Å². The van der Waals surface area contributed by atoms with Crippen molar-refractivity contribution in [3.63, 3.8) is 0 Å². The first-order chi connectivity index (χ1) is 13.0. The Balaban J connectivity index is 1.53. The standard InChI is InChI=1S/C19H13BrCl2N2O3/c20-13-3-1-2-12(8-13)17-7-5-15(27-17)10-23-24-19(25)11-26-18-9-14(21)4-6-16(18)22/h1-10H,11H2,(H,24,25)/b23-10-. The van der Waals surface area contributed by atoms with Crippen molar-refractivity contribution in [3.05, 3.63) is 74.9 Å². The first-order valence-electron chi connectivity index (χ1n) is 7.77. The van der Waals surface area contributed by atoms with E-state index >= 15 is 0 Å². The highest BCUT2D eigenvalue weighted by Crippen LogP contribution is 2.27. The third-order valence-electron chi connectivity index (χ3n) is 3.37. The lowest BCUT2D eigenvalue weighted by atomic mass is 10.2. The van der Waals surface area contributed by atoms with Crippen LogP contribution in [0.3, 0.4) is 0 Å². The molecule has 0 spiro atoms. The lowest BCUT2D eigenvalue weighted by Gasteiger charge is -2.07. The summed E-state index contributed by atoms with van der Waals surface area (Å²) in [7, 11) is 0. The Morgan fingerprint density at radius 2 is 2.04 bits per heavy atom. The molecule has 0 unspecified atom stereocenters. The summed E-state index contributed by atoms with van der Waals surface area (Å²) in [5, 5.41) is 4.68. The fourth-order valence-electron chi connectivity index (χ4n) is 2.15. The van der Waals surface area contributed by atoms with E-state index in [1.807, 2.05) is 30.3 Å². The second kappa shape index (κ2) is 9.08. The molecule has 0 aliphatic rings.